The van der Waals surface area contributed by atoms with E-state index >= 15 is 0 Å². The predicted octanol–water partition coefficient (Wildman–Crippen LogP) is 8.55. The molecule has 0 saturated heterocycles. The van der Waals surface area contributed by atoms with E-state index in [9.17, 15) is 19.8 Å². The second-order valence-corrected chi connectivity index (χ2v) is 12.7. The molecule has 0 rings (SSSR count). The molecule has 0 fully saturated rings. The van der Waals surface area contributed by atoms with E-state index in [1.54, 1.807) is 0 Å². The largest absolute Gasteiger partial charge is 2.00 e. The Morgan fingerprint density at radius 2 is 0.578 bits per heavy atom. The Kier molecular flexibility index (Phi) is 57.7. The molecule has 0 aromatic rings. The van der Waals surface area contributed by atoms with E-state index in [-0.39, 0.29) is 42.5 Å². The van der Waals surface area contributed by atoms with E-state index in [0.717, 1.165) is 25.7 Å². The molecule has 0 atom stereocenters. The van der Waals surface area contributed by atoms with Gasteiger partial charge in [-0.2, -0.15) is 0 Å². The van der Waals surface area contributed by atoms with Crippen LogP contribution in [0, 0.1) is 0 Å². The van der Waals surface area contributed by atoms with Gasteiger partial charge >= 0.3 is 23.1 Å². The maximum absolute atomic E-state index is 10.2. The van der Waals surface area contributed by atoms with Crippen LogP contribution in [-0.4, -0.2) is 53.2 Å². The van der Waals surface area contributed by atoms with Crippen LogP contribution in [0.1, 0.15) is 219 Å². The third-order valence-corrected chi connectivity index (χ3v) is 8.10. The second kappa shape index (κ2) is 50.5. The summed E-state index contributed by atoms with van der Waals surface area (Å²) in [7, 11) is 0. The van der Waals surface area contributed by atoms with Gasteiger partial charge in [-0.25, -0.2) is 0 Å². The van der Waals surface area contributed by atoms with E-state index in [0.29, 0.717) is 6.54 Å². The van der Waals surface area contributed by atoms with Crippen molar-refractivity contribution in [1.82, 2.24) is 0 Å². The first-order valence-electron chi connectivity index (χ1n) is 19.2. The van der Waals surface area contributed by atoms with Crippen LogP contribution < -0.4 is 15.9 Å². The molecule has 0 saturated carbocycles. The van der Waals surface area contributed by atoms with Gasteiger partial charge in [-0.05, 0) is 25.7 Å². The van der Waals surface area contributed by atoms with Gasteiger partial charge in [0.1, 0.15) is 0 Å². The predicted molar refractivity (Wildman–Crippen MR) is 191 cm³/mol. The van der Waals surface area contributed by atoms with Crippen LogP contribution >= 0.6 is 0 Å². The molecule has 0 amide bonds. The zero-order valence-electron chi connectivity index (χ0n) is 30.4. The summed E-state index contributed by atoms with van der Waals surface area (Å²) >= 11 is 0. The SMILES string of the molecule is CCCCCCCCCCCCCCCCCC(=O)[O-].CCCCCCCCCCCCCCCCCC(=O)[O-].NCCO.[Mg+2]. The van der Waals surface area contributed by atoms with Crippen LogP contribution in [0.2, 0.25) is 0 Å². The van der Waals surface area contributed by atoms with Crippen LogP contribution in [0.4, 0.5) is 0 Å². The molecule has 6 nitrogen and oxygen atoms in total. The van der Waals surface area contributed by atoms with E-state index in [1.807, 2.05) is 0 Å². The number of unbranched alkanes of at least 4 members (excludes halogenated alkanes) is 28. The Bertz CT molecular complexity index is 490. The smallest absolute Gasteiger partial charge is 0.550 e. The maximum Gasteiger partial charge on any atom is 2.00 e. The fourth-order valence-electron chi connectivity index (χ4n) is 5.28. The molecule has 0 aliphatic heterocycles. The molecule has 0 spiro atoms. The average molecular weight is 652 g/mol. The first-order chi connectivity index (χ1) is 21.5. The fraction of sp³-hybridized carbons (Fsp3) is 0.947. The van der Waals surface area contributed by atoms with Crippen LogP contribution in [0.5, 0.6) is 0 Å². The van der Waals surface area contributed by atoms with Gasteiger partial charge < -0.3 is 30.6 Å². The molecule has 0 aliphatic carbocycles. The summed E-state index contributed by atoms with van der Waals surface area (Å²) in [5.74, 6) is -1.81. The van der Waals surface area contributed by atoms with Gasteiger partial charge in [0.05, 0.1) is 6.61 Å². The summed E-state index contributed by atoms with van der Waals surface area (Å²) in [5, 5.41) is 28.2. The van der Waals surface area contributed by atoms with Gasteiger partial charge in [-0.15, -0.1) is 0 Å². The molecule has 3 N–H and O–H groups in total. The van der Waals surface area contributed by atoms with Crippen molar-refractivity contribution >= 4 is 35.0 Å². The summed E-state index contributed by atoms with van der Waals surface area (Å²) in [6.45, 7) is 5.01. The number of carbonyl (C=O) groups is 2. The van der Waals surface area contributed by atoms with Crippen molar-refractivity contribution in [1.29, 1.82) is 0 Å². The first-order valence-corrected chi connectivity index (χ1v) is 19.2. The molecular formula is C38H77MgNO5. The van der Waals surface area contributed by atoms with Crippen molar-refractivity contribution in [3.63, 3.8) is 0 Å². The molecule has 7 heteroatoms. The van der Waals surface area contributed by atoms with Gasteiger partial charge in [0.2, 0.25) is 0 Å². The zero-order chi connectivity index (χ0) is 33.2. The average Bonchev–Trinajstić information content (AvgIpc) is 3.01. The molecule has 0 aliphatic rings. The van der Waals surface area contributed by atoms with E-state index in [4.69, 9.17) is 10.8 Å². The number of carbonyl (C=O) groups excluding carboxylic acids is 2. The number of hydrogen-bond donors (Lipinski definition) is 2. The van der Waals surface area contributed by atoms with E-state index in [1.165, 1.54) is 167 Å². The summed E-state index contributed by atoms with van der Waals surface area (Å²) in [6.07, 6.45) is 39.7. The molecule has 266 valence electrons. The molecule has 0 bridgehead atoms. The number of rotatable bonds is 33. The van der Waals surface area contributed by atoms with Gasteiger partial charge in [0.15, 0.2) is 0 Å². The number of carboxylic acids is 2. The minimum atomic E-state index is -0.903. The first kappa shape index (κ1) is 51.5. The molecule has 0 aromatic carbocycles. The summed E-state index contributed by atoms with van der Waals surface area (Å²) in [5.41, 5.74) is 4.78. The summed E-state index contributed by atoms with van der Waals surface area (Å²) < 4.78 is 0. The van der Waals surface area contributed by atoms with Gasteiger partial charge in [0.25, 0.3) is 0 Å². The standard InChI is InChI=1S/2C18H36O2.C2H7NO.Mg/c2*1-2-3-4-5-6-7-8-9-10-11-12-13-14-15-16-17-18(19)20;3-1-2-4;/h2*2-17H2,1H3,(H,19,20);4H,1-3H2;/q;;;+2/p-2. The van der Waals surface area contributed by atoms with Crippen LogP contribution in [0.3, 0.4) is 0 Å². The number of hydrogen-bond acceptors (Lipinski definition) is 6. The second-order valence-electron chi connectivity index (χ2n) is 12.7. The normalized spacial score (nSPS) is 10.3. The van der Waals surface area contributed by atoms with Crippen molar-refractivity contribution < 1.29 is 24.9 Å². The molecule has 0 radical (unpaired) electrons. The number of aliphatic hydroxyl groups is 1. The van der Waals surface area contributed by atoms with Crippen molar-refractivity contribution in [3.8, 4) is 0 Å². The molecular weight excluding hydrogens is 575 g/mol. The Morgan fingerprint density at radius 3 is 0.711 bits per heavy atom. The summed E-state index contributed by atoms with van der Waals surface area (Å²) in [6, 6.07) is 0. The van der Waals surface area contributed by atoms with Crippen molar-refractivity contribution in [2.75, 3.05) is 13.2 Å². The molecule has 0 unspecified atom stereocenters. The zero-order valence-corrected chi connectivity index (χ0v) is 31.8. The van der Waals surface area contributed by atoms with Gasteiger partial charge in [0, 0.05) is 18.5 Å². The summed E-state index contributed by atoms with van der Waals surface area (Å²) in [4.78, 5) is 20.4. The number of aliphatic hydroxyl groups excluding tert-OH is 1. The van der Waals surface area contributed by atoms with Gasteiger partial charge in [-0.1, -0.05) is 194 Å². The Hall–Kier alpha value is -0.374. The number of aliphatic carboxylic acids is 2. The maximum atomic E-state index is 10.2. The molecule has 0 heterocycles. The van der Waals surface area contributed by atoms with Crippen LogP contribution in [0.25, 0.3) is 0 Å². The minimum absolute atomic E-state index is 0. The number of carboxylic acid groups (broad SMARTS) is 2. The van der Waals surface area contributed by atoms with E-state index < -0.39 is 11.9 Å². The van der Waals surface area contributed by atoms with Crippen molar-refractivity contribution in [3.05, 3.63) is 0 Å². The van der Waals surface area contributed by atoms with Crippen molar-refractivity contribution in [2.45, 2.75) is 219 Å². The Balaban J connectivity index is -0.000000327. The molecule has 45 heavy (non-hydrogen) atoms. The minimum Gasteiger partial charge on any atom is -0.550 e. The number of nitrogens with two attached hydrogens (primary N) is 1. The van der Waals surface area contributed by atoms with Crippen LogP contribution in [-0.2, 0) is 9.59 Å². The fourth-order valence-corrected chi connectivity index (χ4v) is 5.28. The Labute approximate surface area is 297 Å². The van der Waals surface area contributed by atoms with E-state index in [2.05, 4.69) is 13.8 Å². The Morgan fingerprint density at radius 1 is 0.422 bits per heavy atom. The monoisotopic (exact) mass is 652 g/mol. The van der Waals surface area contributed by atoms with Crippen molar-refractivity contribution in [2.24, 2.45) is 5.73 Å². The topological polar surface area (TPSA) is 127 Å². The third kappa shape index (κ3) is 63.0. The third-order valence-electron chi connectivity index (χ3n) is 8.10. The van der Waals surface area contributed by atoms with Gasteiger partial charge in [-0.3, -0.25) is 0 Å². The van der Waals surface area contributed by atoms with Crippen LogP contribution in [0.15, 0.2) is 0 Å². The molecule has 0 aromatic heterocycles. The quantitative estimate of drug-likeness (QED) is 0.0541.